The Hall–Kier alpha value is -1.43. The number of carbonyl (C=O) groups excluding carboxylic acids is 1. The summed E-state index contributed by atoms with van der Waals surface area (Å²) in [6.45, 7) is 6.34. The molecule has 22 heavy (non-hydrogen) atoms. The first-order valence-electron chi connectivity index (χ1n) is 8.22. The molecule has 0 aromatic heterocycles. The van der Waals surface area contributed by atoms with Gasteiger partial charge in [-0.3, -0.25) is 9.69 Å². The molecule has 2 fully saturated rings. The van der Waals surface area contributed by atoms with Crippen LogP contribution in [0.15, 0.2) is 24.3 Å². The molecule has 2 saturated heterocycles. The first-order chi connectivity index (χ1) is 10.8. The first-order valence-corrected chi connectivity index (χ1v) is 8.22. The number of nitrogens with one attached hydrogen (secondary N) is 2. The maximum atomic E-state index is 12.4. The quantitative estimate of drug-likeness (QED) is 0.871. The zero-order chi connectivity index (χ0) is 15.2. The van der Waals surface area contributed by atoms with Gasteiger partial charge >= 0.3 is 0 Å². The van der Waals surface area contributed by atoms with Gasteiger partial charge in [0.1, 0.15) is 0 Å². The fraction of sp³-hybridized carbons (Fsp3) is 0.588. The SMILES string of the molecule is O=C(N[C@H]1CCCNC1)c1cccc(CN2CCOCC2)c1. The molecule has 1 aromatic rings. The summed E-state index contributed by atoms with van der Waals surface area (Å²) in [7, 11) is 0. The van der Waals surface area contributed by atoms with Gasteiger partial charge in [0, 0.05) is 37.8 Å². The number of amides is 1. The van der Waals surface area contributed by atoms with Crippen LogP contribution in [0.25, 0.3) is 0 Å². The molecule has 2 aliphatic heterocycles. The van der Waals surface area contributed by atoms with Crippen LogP contribution in [0.4, 0.5) is 0 Å². The highest BCUT2D eigenvalue weighted by Gasteiger charge is 2.17. The van der Waals surface area contributed by atoms with Gasteiger partial charge < -0.3 is 15.4 Å². The average molecular weight is 303 g/mol. The van der Waals surface area contributed by atoms with Gasteiger partial charge in [0.25, 0.3) is 5.91 Å². The van der Waals surface area contributed by atoms with E-state index in [0.717, 1.165) is 64.3 Å². The van der Waals surface area contributed by atoms with Crippen LogP contribution in [0.3, 0.4) is 0 Å². The number of ether oxygens (including phenoxy) is 1. The Labute approximate surface area is 132 Å². The second kappa shape index (κ2) is 7.72. The molecule has 1 aromatic carbocycles. The minimum absolute atomic E-state index is 0.0394. The van der Waals surface area contributed by atoms with Crippen LogP contribution in [0.1, 0.15) is 28.8 Å². The summed E-state index contributed by atoms with van der Waals surface area (Å²) in [5.74, 6) is 0.0394. The normalized spacial score (nSPS) is 23.2. The van der Waals surface area contributed by atoms with Gasteiger partial charge in [-0.05, 0) is 37.1 Å². The van der Waals surface area contributed by atoms with Gasteiger partial charge in [0.15, 0.2) is 0 Å². The van der Waals surface area contributed by atoms with Crippen LogP contribution in [0.5, 0.6) is 0 Å². The van der Waals surface area contributed by atoms with E-state index in [9.17, 15) is 4.79 Å². The molecule has 5 heteroatoms. The highest BCUT2D eigenvalue weighted by atomic mass is 16.5. The van der Waals surface area contributed by atoms with Crippen LogP contribution in [-0.4, -0.2) is 56.2 Å². The molecule has 0 aliphatic carbocycles. The number of carbonyl (C=O) groups is 1. The number of morpholine rings is 1. The second-order valence-corrected chi connectivity index (χ2v) is 6.11. The third-order valence-corrected chi connectivity index (χ3v) is 4.33. The Bertz CT molecular complexity index is 494. The molecule has 2 heterocycles. The molecule has 0 spiro atoms. The Kier molecular flexibility index (Phi) is 5.43. The lowest BCUT2D eigenvalue weighted by Crippen LogP contribution is -2.45. The molecule has 2 N–H and O–H groups in total. The predicted molar refractivity (Wildman–Crippen MR) is 85.9 cm³/mol. The zero-order valence-electron chi connectivity index (χ0n) is 13.0. The highest BCUT2D eigenvalue weighted by Crippen LogP contribution is 2.11. The Morgan fingerprint density at radius 2 is 2.23 bits per heavy atom. The smallest absolute Gasteiger partial charge is 0.251 e. The molecule has 0 bridgehead atoms. The van der Waals surface area contributed by atoms with Crippen molar-refractivity contribution in [1.82, 2.24) is 15.5 Å². The first kappa shape index (κ1) is 15.5. The van der Waals surface area contributed by atoms with E-state index in [1.54, 1.807) is 0 Å². The van der Waals surface area contributed by atoms with Gasteiger partial charge in [-0.2, -0.15) is 0 Å². The lowest BCUT2D eigenvalue weighted by Gasteiger charge is -2.27. The van der Waals surface area contributed by atoms with Crippen molar-refractivity contribution in [2.24, 2.45) is 0 Å². The molecule has 1 amide bonds. The monoisotopic (exact) mass is 303 g/mol. The summed E-state index contributed by atoms with van der Waals surface area (Å²) < 4.78 is 5.37. The van der Waals surface area contributed by atoms with Crippen LogP contribution in [0.2, 0.25) is 0 Å². The molecule has 0 radical (unpaired) electrons. The van der Waals surface area contributed by atoms with Crippen molar-refractivity contribution in [2.75, 3.05) is 39.4 Å². The number of hydrogen-bond donors (Lipinski definition) is 2. The van der Waals surface area contributed by atoms with E-state index in [2.05, 4.69) is 21.6 Å². The minimum Gasteiger partial charge on any atom is -0.379 e. The number of nitrogens with zero attached hydrogens (tertiary/aromatic N) is 1. The van der Waals surface area contributed by atoms with Gasteiger partial charge in [-0.25, -0.2) is 0 Å². The van der Waals surface area contributed by atoms with E-state index in [1.807, 2.05) is 18.2 Å². The summed E-state index contributed by atoms with van der Waals surface area (Å²) in [4.78, 5) is 14.8. The summed E-state index contributed by atoms with van der Waals surface area (Å²) >= 11 is 0. The molecule has 0 unspecified atom stereocenters. The number of hydrogen-bond acceptors (Lipinski definition) is 4. The Morgan fingerprint density at radius 1 is 1.36 bits per heavy atom. The van der Waals surface area contributed by atoms with Crippen LogP contribution in [0, 0.1) is 0 Å². The van der Waals surface area contributed by atoms with Crippen molar-refractivity contribution in [1.29, 1.82) is 0 Å². The minimum atomic E-state index is 0.0394. The fourth-order valence-electron chi connectivity index (χ4n) is 3.07. The molecule has 2 aliphatic rings. The number of rotatable bonds is 4. The Morgan fingerprint density at radius 3 is 3.00 bits per heavy atom. The highest BCUT2D eigenvalue weighted by molar-refractivity contribution is 5.94. The summed E-state index contributed by atoms with van der Waals surface area (Å²) in [6, 6.07) is 8.23. The lowest BCUT2D eigenvalue weighted by molar-refractivity contribution is 0.0342. The molecular formula is C17H25N3O2. The predicted octanol–water partition coefficient (Wildman–Crippen LogP) is 1.00. The van der Waals surface area contributed by atoms with E-state index in [1.165, 1.54) is 5.56 Å². The van der Waals surface area contributed by atoms with Gasteiger partial charge in [0.2, 0.25) is 0 Å². The zero-order valence-corrected chi connectivity index (χ0v) is 13.0. The standard InChI is InChI=1S/C17H25N3O2/c21-17(19-16-5-2-6-18-12-16)15-4-1-3-14(11-15)13-20-7-9-22-10-8-20/h1,3-4,11,16,18H,2,5-10,12-13H2,(H,19,21)/t16-/m0/s1. The molecular weight excluding hydrogens is 278 g/mol. The number of piperidine rings is 1. The van der Waals surface area contributed by atoms with E-state index < -0.39 is 0 Å². The van der Waals surface area contributed by atoms with Crippen molar-refractivity contribution < 1.29 is 9.53 Å². The van der Waals surface area contributed by atoms with Crippen LogP contribution < -0.4 is 10.6 Å². The van der Waals surface area contributed by atoms with Crippen molar-refractivity contribution >= 4 is 5.91 Å². The summed E-state index contributed by atoms with van der Waals surface area (Å²) in [5.41, 5.74) is 1.95. The van der Waals surface area contributed by atoms with Crippen molar-refractivity contribution in [3.8, 4) is 0 Å². The summed E-state index contributed by atoms with van der Waals surface area (Å²) in [5, 5.41) is 6.45. The fourth-order valence-corrected chi connectivity index (χ4v) is 3.07. The molecule has 1 atom stereocenters. The molecule has 3 rings (SSSR count). The Balaban J connectivity index is 1.58. The van der Waals surface area contributed by atoms with E-state index in [-0.39, 0.29) is 11.9 Å². The maximum absolute atomic E-state index is 12.4. The average Bonchev–Trinajstić information content (AvgIpc) is 2.57. The topological polar surface area (TPSA) is 53.6 Å². The third-order valence-electron chi connectivity index (χ3n) is 4.33. The van der Waals surface area contributed by atoms with E-state index >= 15 is 0 Å². The van der Waals surface area contributed by atoms with E-state index in [0.29, 0.717) is 0 Å². The molecule has 120 valence electrons. The summed E-state index contributed by atoms with van der Waals surface area (Å²) in [6.07, 6.45) is 2.19. The maximum Gasteiger partial charge on any atom is 0.251 e. The van der Waals surface area contributed by atoms with Gasteiger partial charge in [-0.15, -0.1) is 0 Å². The van der Waals surface area contributed by atoms with Crippen molar-refractivity contribution in [2.45, 2.75) is 25.4 Å². The van der Waals surface area contributed by atoms with Gasteiger partial charge in [-0.1, -0.05) is 12.1 Å². The number of benzene rings is 1. The van der Waals surface area contributed by atoms with Gasteiger partial charge in [0.05, 0.1) is 13.2 Å². The van der Waals surface area contributed by atoms with E-state index in [4.69, 9.17) is 4.74 Å². The third kappa shape index (κ3) is 4.29. The largest absolute Gasteiger partial charge is 0.379 e. The second-order valence-electron chi connectivity index (χ2n) is 6.11. The van der Waals surface area contributed by atoms with Crippen molar-refractivity contribution in [3.05, 3.63) is 35.4 Å². The van der Waals surface area contributed by atoms with Crippen LogP contribution >= 0.6 is 0 Å². The van der Waals surface area contributed by atoms with Crippen LogP contribution in [-0.2, 0) is 11.3 Å². The van der Waals surface area contributed by atoms with Crippen molar-refractivity contribution in [3.63, 3.8) is 0 Å². The molecule has 5 nitrogen and oxygen atoms in total. The molecule has 0 saturated carbocycles. The lowest BCUT2D eigenvalue weighted by atomic mass is 10.1.